The number of carbonyl (C=O) groups excluding carboxylic acids is 3. The molecule has 0 unspecified atom stereocenters. The van der Waals surface area contributed by atoms with Crippen molar-refractivity contribution in [2.75, 3.05) is 0 Å². The van der Waals surface area contributed by atoms with Gasteiger partial charge in [-0.25, -0.2) is 9.29 Å². The van der Waals surface area contributed by atoms with Gasteiger partial charge < -0.3 is 0 Å². The summed E-state index contributed by atoms with van der Waals surface area (Å²) in [6.07, 6.45) is 0.123. The second-order valence-corrected chi connectivity index (χ2v) is 3.43. The van der Waals surface area contributed by atoms with E-state index in [2.05, 4.69) is 0 Å². The molecule has 0 aliphatic carbocycles. The van der Waals surface area contributed by atoms with E-state index in [-0.39, 0.29) is 18.4 Å². The third-order valence-electron chi connectivity index (χ3n) is 2.35. The normalized spacial score (nSPS) is 15.7. The van der Waals surface area contributed by atoms with Crippen LogP contribution in [-0.2, 0) is 9.59 Å². The summed E-state index contributed by atoms with van der Waals surface area (Å²) in [4.78, 5) is 34.9. The van der Waals surface area contributed by atoms with E-state index < -0.39 is 23.5 Å². The minimum atomic E-state index is -0.688. The second kappa shape index (κ2) is 3.84. The minimum Gasteiger partial charge on any atom is -0.274 e. The minimum absolute atomic E-state index is 0.0613. The van der Waals surface area contributed by atoms with Crippen LogP contribution in [0.5, 0.6) is 0 Å². The van der Waals surface area contributed by atoms with Crippen molar-refractivity contribution in [2.45, 2.75) is 12.8 Å². The number of hydrogen-bond acceptors (Lipinski definition) is 3. The summed E-state index contributed by atoms with van der Waals surface area (Å²) in [5.41, 5.74) is 0.130. The Morgan fingerprint density at radius 3 is 2.06 bits per heavy atom. The van der Waals surface area contributed by atoms with Gasteiger partial charge in [0.2, 0.25) is 11.8 Å². The van der Waals surface area contributed by atoms with Crippen molar-refractivity contribution in [1.82, 2.24) is 4.90 Å². The number of nitrogens with zero attached hydrogens (tertiary/aromatic N) is 1. The fourth-order valence-corrected chi connectivity index (χ4v) is 1.52. The Hall–Kier alpha value is -2.04. The molecule has 5 heteroatoms. The van der Waals surface area contributed by atoms with Gasteiger partial charge >= 0.3 is 0 Å². The van der Waals surface area contributed by atoms with Crippen LogP contribution >= 0.6 is 0 Å². The highest BCUT2D eigenvalue weighted by molar-refractivity contribution is 6.19. The number of rotatable bonds is 1. The molecule has 1 aromatic rings. The fraction of sp³-hybridized carbons (Fsp3) is 0.182. The number of benzene rings is 1. The summed E-state index contributed by atoms with van der Waals surface area (Å²) in [5, 5.41) is 0. The lowest BCUT2D eigenvalue weighted by atomic mass is 10.2. The molecule has 0 N–H and O–H groups in total. The van der Waals surface area contributed by atoms with Crippen LogP contribution in [0.3, 0.4) is 0 Å². The van der Waals surface area contributed by atoms with Gasteiger partial charge in [-0.2, -0.15) is 0 Å². The van der Waals surface area contributed by atoms with Crippen LogP contribution in [0.25, 0.3) is 0 Å². The Morgan fingerprint density at radius 2 is 1.56 bits per heavy atom. The Labute approximate surface area is 90.7 Å². The van der Waals surface area contributed by atoms with Crippen molar-refractivity contribution in [2.24, 2.45) is 0 Å². The molecular weight excluding hydrogens is 213 g/mol. The van der Waals surface area contributed by atoms with Gasteiger partial charge in [0.25, 0.3) is 5.91 Å². The molecule has 1 fully saturated rings. The highest BCUT2D eigenvalue weighted by Crippen LogP contribution is 2.16. The zero-order chi connectivity index (χ0) is 11.7. The largest absolute Gasteiger partial charge is 0.274 e. The second-order valence-electron chi connectivity index (χ2n) is 3.43. The molecule has 0 bridgehead atoms. The van der Waals surface area contributed by atoms with Gasteiger partial charge in [-0.3, -0.25) is 14.4 Å². The van der Waals surface area contributed by atoms with Gasteiger partial charge in [-0.15, -0.1) is 0 Å². The number of halogens is 1. The molecule has 1 aliphatic rings. The quantitative estimate of drug-likeness (QED) is 0.667. The van der Waals surface area contributed by atoms with Gasteiger partial charge in [0, 0.05) is 18.4 Å². The summed E-state index contributed by atoms with van der Waals surface area (Å²) < 4.78 is 12.6. The number of likely N-dealkylation sites (tertiary alicyclic amines) is 1. The highest BCUT2D eigenvalue weighted by Gasteiger charge is 2.34. The lowest BCUT2D eigenvalue weighted by Gasteiger charge is -2.11. The average Bonchev–Trinajstić information content (AvgIpc) is 2.59. The van der Waals surface area contributed by atoms with Crippen molar-refractivity contribution in [3.63, 3.8) is 0 Å². The Kier molecular flexibility index (Phi) is 2.52. The van der Waals surface area contributed by atoms with Crippen LogP contribution in [0.1, 0.15) is 23.2 Å². The zero-order valence-electron chi connectivity index (χ0n) is 8.27. The van der Waals surface area contributed by atoms with Crippen LogP contribution < -0.4 is 0 Å². The molecule has 0 atom stereocenters. The summed E-state index contributed by atoms with van der Waals surface area (Å²) in [6, 6.07) is 4.71. The number of amides is 3. The standard InChI is InChI=1S/C11H8FNO3/c12-8-3-1-7(2-4-8)11(16)13-9(14)5-6-10(13)15/h1-4H,5-6H2. The average molecular weight is 221 g/mol. The van der Waals surface area contributed by atoms with Crippen molar-refractivity contribution in [3.05, 3.63) is 35.6 Å². The Bertz CT molecular complexity index is 451. The summed E-state index contributed by atoms with van der Waals surface area (Å²) in [6.45, 7) is 0. The maximum Gasteiger partial charge on any atom is 0.267 e. The molecule has 0 radical (unpaired) electrons. The summed E-state index contributed by atoms with van der Waals surface area (Å²) in [7, 11) is 0. The topological polar surface area (TPSA) is 54.5 Å². The van der Waals surface area contributed by atoms with Crippen LogP contribution in [0.4, 0.5) is 4.39 Å². The van der Waals surface area contributed by atoms with E-state index in [4.69, 9.17) is 0 Å². The lowest BCUT2D eigenvalue weighted by Crippen LogP contribution is -2.35. The van der Waals surface area contributed by atoms with Crippen LogP contribution in [0.15, 0.2) is 24.3 Å². The molecule has 1 heterocycles. The van der Waals surface area contributed by atoms with Gasteiger partial charge in [0.15, 0.2) is 0 Å². The number of carbonyl (C=O) groups is 3. The summed E-state index contributed by atoms with van der Waals surface area (Å²) >= 11 is 0. The SMILES string of the molecule is O=C1CCC(=O)N1C(=O)c1ccc(F)cc1. The molecule has 82 valence electrons. The molecular formula is C11H8FNO3. The zero-order valence-corrected chi connectivity index (χ0v) is 8.27. The molecule has 3 amide bonds. The van der Waals surface area contributed by atoms with Crippen molar-refractivity contribution >= 4 is 17.7 Å². The Balaban J connectivity index is 2.28. The number of hydrogen-bond donors (Lipinski definition) is 0. The van der Waals surface area contributed by atoms with Gasteiger partial charge in [-0.05, 0) is 24.3 Å². The molecule has 1 aliphatic heterocycles. The molecule has 1 saturated heterocycles. The first-order valence-corrected chi connectivity index (χ1v) is 4.75. The third-order valence-corrected chi connectivity index (χ3v) is 2.35. The van der Waals surface area contributed by atoms with E-state index in [9.17, 15) is 18.8 Å². The first-order chi connectivity index (χ1) is 7.59. The molecule has 0 saturated carbocycles. The van der Waals surface area contributed by atoms with Crippen molar-refractivity contribution < 1.29 is 18.8 Å². The maximum absolute atomic E-state index is 12.6. The lowest BCUT2D eigenvalue weighted by molar-refractivity contribution is -0.134. The van der Waals surface area contributed by atoms with Crippen molar-refractivity contribution in [1.29, 1.82) is 0 Å². The van der Waals surface area contributed by atoms with Crippen LogP contribution in [0.2, 0.25) is 0 Å². The van der Waals surface area contributed by atoms with E-state index in [1.54, 1.807) is 0 Å². The van der Waals surface area contributed by atoms with E-state index in [0.717, 1.165) is 12.1 Å². The van der Waals surface area contributed by atoms with E-state index >= 15 is 0 Å². The molecule has 4 nitrogen and oxygen atoms in total. The Morgan fingerprint density at radius 1 is 1.06 bits per heavy atom. The van der Waals surface area contributed by atoms with Gasteiger partial charge in [0.1, 0.15) is 5.82 Å². The van der Waals surface area contributed by atoms with Crippen molar-refractivity contribution in [3.8, 4) is 0 Å². The molecule has 0 spiro atoms. The molecule has 1 aromatic carbocycles. The molecule has 16 heavy (non-hydrogen) atoms. The molecule has 2 rings (SSSR count). The predicted octanol–water partition coefficient (Wildman–Crippen LogP) is 1.11. The summed E-state index contributed by atoms with van der Waals surface area (Å²) in [5.74, 6) is -2.17. The van der Waals surface area contributed by atoms with Gasteiger partial charge in [0.05, 0.1) is 0 Å². The third kappa shape index (κ3) is 1.71. The van der Waals surface area contributed by atoms with Crippen LogP contribution in [0, 0.1) is 5.82 Å². The highest BCUT2D eigenvalue weighted by atomic mass is 19.1. The maximum atomic E-state index is 12.6. The monoisotopic (exact) mass is 221 g/mol. The van der Waals surface area contributed by atoms with E-state index in [1.165, 1.54) is 12.1 Å². The number of imide groups is 3. The van der Waals surface area contributed by atoms with E-state index in [1.807, 2.05) is 0 Å². The fourth-order valence-electron chi connectivity index (χ4n) is 1.52. The first-order valence-electron chi connectivity index (χ1n) is 4.75. The predicted molar refractivity (Wildman–Crippen MR) is 51.8 cm³/mol. The van der Waals surface area contributed by atoms with E-state index in [0.29, 0.717) is 4.90 Å². The smallest absolute Gasteiger partial charge is 0.267 e. The van der Waals surface area contributed by atoms with Crippen LogP contribution in [-0.4, -0.2) is 22.6 Å². The molecule has 0 aromatic heterocycles. The first kappa shape index (κ1) is 10.5. The van der Waals surface area contributed by atoms with Gasteiger partial charge in [-0.1, -0.05) is 0 Å².